The number of hydrogen-bond donors (Lipinski definition) is 2. The topological polar surface area (TPSA) is 57.5 Å². The summed E-state index contributed by atoms with van der Waals surface area (Å²) in [5.41, 5.74) is -0.583. The Hall–Kier alpha value is 0.870. The van der Waals surface area contributed by atoms with E-state index in [4.69, 9.17) is 9.90 Å². The number of carbonyl (C=O) groups is 1. The van der Waals surface area contributed by atoms with Gasteiger partial charge >= 0.3 is 0 Å². The zero-order chi connectivity index (χ0) is 12.0. The first-order valence-corrected chi connectivity index (χ1v) is 6.30. The normalized spacial score (nSPS) is 11.6. The van der Waals surface area contributed by atoms with Gasteiger partial charge < -0.3 is 10.2 Å². The Bertz CT molecular complexity index is 152. The number of alkyl halides is 3. The zero-order valence-electron chi connectivity index (χ0n) is 8.35. The number of hydrogen-bond acceptors (Lipinski definition) is 2. The van der Waals surface area contributed by atoms with E-state index in [0.717, 1.165) is 19.8 Å². The van der Waals surface area contributed by atoms with Crippen LogP contribution in [0.25, 0.3) is 0 Å². The fourth-order valence-corrected chi connectivity index (χ4v) is 1.04. The Labute approximate surface area is 110 Å². The molecule has 0 radical (unpaired) electrons. The average Bonchev–Trinajstić information content (AvgIpc) is 1.79. The second-order valence-corrected chi connectivity index (χ2v) is 10.7. The molecule has 0 aromatic rings. The molecule has 0 amide bonds. The van der Waals surface area contributed by atoms with E-state index < -0.39 is 11.6 Å². The van der Waals surface area contributed by atoms with Gasteiger partial charge in [-0.2, -0.15) is 0 Å². The van der Waals surface area contributed by atoms with Gasteiger partial charge in [0.25, 0.3) is 5.97 Å². The highest BCUT2D eigenvalue weighted by molar-refractivity contribution is 9.39. The molecule has 6 heteroatoms. The van der Waals surface area contributed by atoms with Crippen LogP contribution >= 0.6 is 47.8 Å². The van der Waals surface area contributed by atoms with Crippen LogP contribution in [0, 0.1) is 0 Å². The quantitative estimate of drug-likeness (QED) is 0.700. The monoisotopic (exact) mass is 396 g/mol. The summed E-state index contributed by atoms with van der Waals surface area (Å²) in [5.74, 6) is -0.833. The van der Waals surface area contributed by atoms with Crippen molar-refractivity contribution >= 4 is 53.8 Å². The van der Waals surface area contributed by atoms with Crippen LogP contribution in [0.1, 0.15) is 33.6 Å². The Balaban J connectivity index is 0. The Kier molecular flexibility index (Phi) is 8.87. The van der Waals surface area contributed by atoms with Crippen LogP contribution in [-0.4, -0.2) is 23.9 Å². The van der Waals surface area contributed by atoms with E-state index in [2.05, 4.69) is 47.8 Å². The number of aliphatic carboxylic acids is 1. The Morgan fingerprint density at radius 1 is 1.21 bits per heavy atom. The standard InChI is InChI=1S/C6H11Br3O.C2H4O2/c1-5(2,10)3-4-6(7,8)9;1-2(3)4/h10H,3-4H2,1-2H3;1H3,(H,3,4). The number of carboxylic acid groups (broad SMARTS) is 1. The van der Waals surface area contributed by atoms with Crippen LogP contribution in [-0.2, 0) is 4.79 Å². The molecule has 0 aliphatic heterocycles. The van der Waals surface area contributed by atoms with Gasteiger partial charge in [0.15, 0.2) is 0 Å². The van der Waals surface area contributed by atoms with Crippen molar-refractivity contribution in [3.05, 3.63) is 0 Å². The van der Waals surface area contributed by atoms with Gasteiger partial charge in [-0.3, -0.25) is 4.79 Å². The van der Waals surface area contributed by atoms with Crippen LogP contribution in [0.15, 0.2) is 0 Å². The lowest BCUT2D eigenvalue weighted by molar-refractivity contribution is -0.134. The summed E-state index contributed by atoms with van der Waals surface area (Å²) < 4.78 is -0.215. The van der Waals surface area contributed by atoms with Crippen molar-refractivity contribution in [2.24, 2.45) is 0 Å². The first-order chi connectivity index (χ1) is 5.94. The molecular weight excluding hydrogens is 384 g/mol. The van der Waals surface area contributed by atoms with Gasteiger partial charge in [0, 0.05) is 6.92 Å². The minimum Gasteiger partial charge on any atom is -0.481 e. The molecular formula is C8H15Br3O3. The molecule has 0 aromatic carbocycles. The van der Waals surface area contributed by atoms with Gasteiger partial charge in [-0.15, -0.1) is 0 Å². The van der Waals surface area contributed by atoms with E-state index in [-0.39, 0.29) is 2.14 Å². The van der Waals surface area contributed by atoms with Crippen molar-refractivity contribution in [1.29, 1.82) is 0 Å². The number of aliphatic hydroxyl groups is 1. The predicted molar refractivity (Wildman–Crippen MR) is 68.4 cm³/mol. The van der Waals surface area contributed by atoms with Gasteiger partial charge in [-0.25, -0.2) is 0 Å². The molecule has 0 saturated carbocycles. The van der Waals surface area contributed by atoms with Gasteiger partial charge in [0.1, 0.15) is 2.14 Å². The molecule has 3 nitrogen and oxygen atoms in total. The summed E-state index contributed by atoms with van der Waals surface area (Å²) in [7, 11) is 0. The molecule has 2 N–H and O–H groups in total. The predicted octanol–water partition coefficient (Wildman–Crippen LogP) is 3.47. The third-order valence-electron chi connectivity index (χ3n) is 1.02. The smallest absolute Gasteiger partial charge is 0.300 e. The fourth-order valence-electron chi connectivity index (χ4n) is 0.448. The molecule has 0 rings (SSSR count). The minimum absolute atomic E-state index is 0.215. The van der Waals surface area contributed by atoms with Crippen molar-refractivity contribution in [3.63, 3.8) is 0 Å². The highest BCUT2D eigenvalue weighted by atomic mass is 80.0. The summed E-state index contributed by atoms with van der Waals surface area (Å²) in [5, 5.41) is 16.7. The van der Waals surface area contributed by atoms with E-state index in [9.17, 15) is 5.11 Å². The molecule has 0 fully saturated rings. The third-order valence-corrected chi connectivity index (χ3v) is 2.21. The maximum absolute atomic E-state index is 9.32. The zero-order valence-corrected chi connectivity index (χ0v) is 13.1. The fraction of sp³-hybridized carbons (Fsp3) is 0.875. The molecule has 0 unspecified atom stereocenters. The molecule has 0 spiro atoms. The molecule has 0 aliphatic carbocycles. The van der Waals surface area contributed by atoms with Crippen molar-refractivity contribution in [2.45, 2.75) is 41.4 Å². The van der Waals surface area contributed by atoms with Gasteiger partial charge in [-0.1, -0.05) is 47.8 Å². The highest BCUT2D eigenvalue weighted by Crippen LogP contribution is 2.39. The summed E-state index contributed by atoms with van der Waals surface area (Å²) >= 11 is 10.1. The molecule has 0 aromatic heterocycles. The van der Waals surface area contributed by atoms with Crippen LogP contribution in [0.5, 0.6) is 0 Å². The first-order valence-electron chi connectivity index (χ1n) is 3.93. The van der Waals surface area contributed by atoms with E-state index in [0.29, 0.717) is 0 Å². The van der Waals surface area contributed by atoms with Crippen LogP contribution in [0.3, 0.4) is 0 Å². The van der Waals surface area contributed by atoms with Crippen LogP contribution < -0.4 is 0 Å². The highest BCUT2D eigenvalue weighted by Gasteiger charge is 2.22. The Morgan fingerprint density at radius 3 is 1.57 bits per heavy atom. The second-order valence-electron chi connectivity index (χ2n) is 3.45. The van der Waals surface area contributed by atoms with Gasteiger partial charge in [0.05, 0.1) is 5.60 Å². The lowest BCUT2D eigenvalue weighted by Crippen LogP contribution is -2.20. The molecule has 0 saturated heterocycles. The Morgan fingerprint density at radius 2 is 1.50 bits per heavy atom. The van der Waals surface area contributed by atoms with Crippen LogP contribution in [0.4, 0.5) is 0 Å². The molecule has 0 bridgehead atoms. The second kappa shape index (κ2) is 7.19. The lowest BCUT2D eigenvalue weighted by atomic mass is 10.0. The van der Waals surface area contributed by atoms with E-state index in [1.165, 1.54) is 0 Å². The van der Waals surface area contributed by atoms with Crippen molar-refractivity contribution < 1.29 is 15.0 Å². The molecule has 86 valence electrons. The minimum atomic E-state index is -0.833. The van der Waals surface area contributed by atoms with E-state index in [1.807, 2.05) is 0 Å². The SMILES string of the molecule is CC(=O)O.CC(C)(O)CCC(Br)(Br)Br. The van der Waals surface area contributed by atoms with Crippen molar-refractivity contribution in [1.82, 2.24) is 0 Å². The van der Waals surface area contributed by atoms with E-state index in [1.54, 1.807) is 13.8 Å². The third kappa shape index (κ3) is 29.3. The maximum Gasteiger partial charge on any atom is 0.300 e. The average molecular weight is 399 g/mol. The first kappa shape index (κ1) is 17.3. The van der Waals surface area contributed by atoms with Crippen LogP contribution in [0.2, 0.25) is 0 Å². The van der Waals surface area contributed by atoms with Gasteiger partial charge in [-0.05, 0) is 26.7 Å². The van der Waals surface area contributed by atoms with Crippen molar-refractivity contribution in [3.8, 4) is 0 Å². The largest absolute Gasteiger partial charge is 0.481 e. The molecule has 14 heavy (non-hydrogen) atoms. The number of halogens is 3. The summed E-state index contributed by atoms with van der Waals surface area (Å²) in [6.45, 7) is 4.68. The molecule has 0 heterocycles. The molecule has 0 aliphatic rings. The number of rotatable bonds is 2. The van der Waals surface area contributed by atoms with E-state index >= 15 is 0 Å². The van der Waals surface area contributed by atoms with Crippen molar-refractivity contribution in [2.75, 3.05) is 0 Å². The summed E-state index contributed by atoms with van der Waals surface area (Å²) in [4.78, 5) is 9.00. The summed E-state index contributed by atoms with van der Waals surface area (Å²) in [6.07, 6.45) is 1.57. The lowest BCUT2D eigenvalue weighted by Gasteiger charge is -2.20. The van der Waals surface area contributed by atoms with Gasteiger partial charge in [0.2, 0.25) is 0 Å². The maximum atomic E-state index is 9.32. The summed E-state index contributed by atoms with van der Waals surface area (Å²) in [6, 6.07) is 0. The number of carboxylic acids is 1. The molecule has 0 atom stereocenters.